The van der Waals surface area contributed by atoms with Crippen molar-refractivity contribution in [3.63, 3.8) is 0 Å². The minimum Gasteiger partial charge on any atom is -0.507 e. The number of anilines is 1. The molecular formula is C24H14ClF4NO3. The highest BCUT2D eigenvalue weighted by molar-refractivity contribution is 6.51. The molecule has 0 aromatic heterocycles. The zero-order valence-electron chi connectivity index (χ0n) is 16.6. The molecule has 0 aliphatic carbocycles. The van der Waals surface area contributed by atoms with Crippen LogP contribution in [0.25, 0.3) is 5.76 Å². The van der Waals surface area contributed by atoms with Crippen molar-refractivity contribution in [1.29, 1.82) is 0 Å². The van der Waals surface area contributed by atoms with Crippen LogP contribution in [0.15, 0.2) is 78.4 Å². The maximum atomic E-state index is 14.8. The van der Waals surface area contributed by atoms with Crippen molar-refractivity contribution in [2.24, 2.45) is 0 Å². The Balaban J connectivity index is 1.97. The Hall–Kier alpha value is -3.65. The first-order valence-corrected chi connectivity index (χ1v) is 9.96. The SMILES string of the molecule is O=C1C(=O)N(c2cccc(C(F)(F)F)c2)[C@@H](c2ccccc2F)/C1=C(\O)c1ccc(Cl)cc1. The molecule has 3 aromatic rings. The van der Waals surface area contributed by atoms with Gasteiger partial charge in [-0.05, 0) is 48.5 Å². The van der Waals surface area contributed by atoms with E-state index in [9.17, 15) is 32.3 Å². The van der Waals surface area contributed by atoms with Gasteiger partial charge in [0.15, 0.2) is 0 Å². The van der Waals surface area contributed by atoms with Gasteiger partial charge in [0, 0.05) is 21.8 Å². The van der Waals surface area contributed by atoms with Gasteiger partial charge in [0.05, 0.1) is 17.2 Å². The normalized spacial score (nSPS) is 18.1. The van der Waals surface area contributed by atoms with Crippen LogP contribution in [0.3, 0.4) is 0 Å². The number of alkyl halides is 3. The van der Waals surface area contributed by atoms with Gasteiger partial charge < -0.3 is 5.11 Å². The van der Waals surface area contributed by atoms with Crippen molar-refractivity contribution >= 4 is 34.7 Å². The second-order valence-corrected chi connectivity index (χ2v) is 7.68. The van der Waals surface area contributed by atoms with Crippen LogP contribution in [0.1, 0.15) is 22.7 Å². The summed E-state index contributed by atoms with van der Waals surface area (Å²) in [5, 5.41) is 11.3. The molecule has 1 aliphatic rings. The third kappa shape index (κ3) is 4.09. The number of carbonyl (C=O) groups is 2. The number of aliphatic hydroxyl groups is 1. The summed E-state index contributed by atoms with van der Waals surface area (Å²) < 4.78 is 54.6. The number of benzene rings is 3. The first kappa shape index (κ1) is 22.5. The van der Waals surface area contributed by atoms with Crippen LogP contribution in [0.4, 0.5) is 23.2 Å². The van der Waals surface area contributed by atoms with E-state index >= 15 is 0 Å². The Bertz CT molecular complexity index is 1290. The van der Waals surface area contributed by atoms with Crippen molar-refractivity contribution < 1.29 is 32.3 Å². The number of halogens is 5. The summed E-state index contributed by atoms with van der Waals surface area (Å²) in [4.78, 5) is 26.7. The molecule has 0 saturated carbocycles. The highest BCUT2D eigenvalue weighted by atomic mass is 35.5. The fraction of sp³-hybridized carbons (Fsp3) is 0.0833. The lowest BCUT2D eigenvalue weighted by Crippen LogP contribution is -2.30. The van der Waals surface area contributed by atoms with Gasteiger partial charge in [0.1, 0.15) is 11.6 Å². The lowest BCUT2D eigenvalue weighted by Gasteiger charge is -2.26. The number of nitrogens with zero attached hydrogens (tertiary/aromatic N) is 1. The number of amides is 1. The number of hydrogen-bond acceptors (Lipinski definition) is 3. The number of carbonyl (C=O) groups excluding carboxylic acids is 2. The quantitative estimate of drug-likeness (QED) is 0.215. The Morgan fingerprint density at radius 1 is 0.939 bits per heavy atom. The Kier molecular flexibility index (Phi) is 5.71. The van der Waals surface area contributed by atoms with Crippen molar-refractivity contribution in [1.82, 2.24) is 0 Å². The molecule has 0 radical (unpaired) electrons. The van der Waals surface area contributed by atoms with Crippen LogP contribution in [0, 0.1) is 5.82 Å². The topological polar surface area (TPSA) is 57.6 Å². The van der Waals surface area contributed by atoms with Gasteiger partial charge in [-0.1, -0.05) is 35.9 Å². The molecule has 1 saturated heterocycles. The van der Waals surface area contributed by atoms with Crippen LogP contribution in [-0.2, 0) is 15.8 Å². The molecule has 4 rings (SSSR count). The van der Waals surface area contributed by atoms with Crippen molar-refractivity contribution in [2.75, 3.05) is 4.90 Å². The molecule has 9 heteroatoms. The van der Waals surface area contributed by atoms with Gasteiger partial charge in [0.25, 0.3) is 11.7 Å². The molecule has 1 N–H and O–H groups in total. The molecule has 3 aromatic carbocycles. The number of aliphatic hydroxyl groups excluding tert-OH is 1. The van der Waals surface area contributed by atoms with E-state index in [0.717, 1.165) is 23.1 Å². The predicted octanol–water partition coefficient (Wildman–Crippen LogP) is 6.12. The van der Waals surface area contributed by atoms with Gasteiger partial charge in [-0.3, -0.25) is 14.5 Å². The van der Waals surface area contributed by atoms with Crippen LogP contribution >= 0.6 is 11.6 Å². The number of ketones is 1. The summed E-state index contributed by atoms with van der Waals surface area (Å²) in [7, 11) is 0. The smallest absolute Gasteiger partial charge is 0.416 e. The van der Waals surface area contributed by atoms with E-state index in [1.165, 1.54) is 48.5 Å². The fourth-order valence-corrected chi connectivity index (χ4v) is 3.81. The maximum Gasteiger partial charge on any atom is 0.416 e. The lowest BCUT2D eigenvalue weighted by atomic mass is 9.94. The minimum absolute atomic E-state index is 0.128. The molecule has 33 heavy (non-hydrogen) atoms. The summed E-state index contributed by atoms with van der Waals surface area (Å²) in [5.74, 6) is -3.76. The van der Waals surface area contributed by atoms with Crippen LogP contribution in [-0.4, -0.2) is 16.8 Å². The van der Waals surface area contributed by atoms with Gasteiger partial charge in [0.2, 0.25) is 0 Å². The van der Waals surface area contributed by atoms with Crippen molar-refractivity contribution in [3.8, 4) is 0 Å². The first-order valence-electron chi connectivity index (χ1n) is 9.58. The van der Waals surface area contributed by atoms with Gasteiger partial charge in [-0.15, -0.1) is 0 Å². The van der Waals surface area contributed by atoms with Crippen LogP contribution < -0.4 is 4.90 Å². The summed E-state index contributed by atoms with van der Waals surface area (Å²) >= 11 is 5.86. The van der Waals surface area contributed by atoms with Crippen LogP contribution in [0.5, 0.6) is 0 Å². The second kappa shape index (κ2) is 8.37. The number of Topliss-reactive ketones (excluding diaryl/α,β-unsaturated/α-hetero) is 1. The molecule has 168 valence electrons. The fourth-order valence-electron chi connectivity index (χ4n) is 3.69. The lowest BCUT2D eigenvalue weighted by molar-refractivity contribution is -0.137. The van der Waals surface area contributed by atoms with Crippen LogP contribution in [0.2, 0.25) is 5.02 Å². The van der Waals surface area contributed by atoms with E-state index in [1.807, 2.05) is 0 Å². The molecular weight excluding hydrogens is 462 g/mol. The average molecular weight is 476 g/mol. The Morgan fingerprint density at radius 2 is 1.61 bits per heavy atom. The number of rotatable bonds is 3. The molecule has 4 nitrogen and oxygen atoms in total. The zero-order chi connectivity index (χ0) is 23.9. The molecule has 1 amide bonds. The monoisotopic (exact) mass is 475 g/mol. The third-order valence-electron chi connectivity index (χ3n) is 5.21. The standard InChI is InChI=1S/C24H14ClF4NO3/c25-15-10-8-13(9-11-15)21(31)19-20(17-6-1-2-7-18(17)26)30(23(33)22(19)32)16-5-3-4-14(12-16)24(27,28)29/h1-12,20,31H/b21-19+/t20-/m0/s1. The molecule has 1 fully saturated rings. The summed E-state index contributed by atoms with van der Waals surface area (Å²) in [6, 6.07) is 13.2. The largest absolute Gasteiger partial charge is 0.507 e. The van der Waals surface area contributed by atoms with Gasteiger partial charge in [-0.25, -0.2) is 4.39 Å². The van der Waals surface area contributed by atoms with E-state index in [2.05, 4.69) is 0 Å². The predicted molar refractivity (Wildman–Crippen MR) is 114 cm³/mol. The molecule has 1 aliphatic heterocycles. The molecule has 0 bridgehead atoms. The van der Waals surface area contributed by atoms with Crippen molar-refractivity contribution in [3.05, 3.63) is 106 Å². The van der Waals surface area contributed by atoms with E-state index in [-0.39, 0.29) is 16.8 Å². The molecule has 0 unspecified atom stereocenters. The Morgan fingerprint density at radius 3 is 2.24 bits per heavy atom. The van der Waals surface area contributed by atoms with E-state index < -0.39 is 46.6 Å². The van der Waals surface area contributed by atoms with Gasteiger partial charge >= 0.3 is 6.18 Å². The highest BCUT2D eigenvalue weighted by Crippen LogP contribution is 2.44. The average Bonchev–Trinajstić information content (AvgIpc) is 3.04. The minimum atomic E-state index is -4.71. The number of hydrogen-bond donors (Lipinski definition) is 1. The molecule has 1 atom stereocenters. The van der Waals surface area contributed by atoms with Crippen molar-refractivity contribution in [2.45, 2.75) is 12.2 Å². The van der Waals surface area contributed by atoms with E-state index in [0.29, 0.717) is 11.1 Å². The molecule has 0 spiro atoms. The summed E-state index contributed by atoms with van der Waals surface area (Å²) in [6.45, 7) is 0. The Labute approximate surface area is 190 Å². The first-order chi connectivity index (χ1) is 15.6. The summed E-state index contributed by atoms with van der Waals surface area (Å²) in [5.41, 5.74) is -1.81. The molecule has 1 heterocycles. The third-order valence-corrected chi connectivity index (χ3v) is 5.47. The highest BCUT2D eigenvalue weighted by Gasteiger charge is 2.48. The van der Waals surface area contributed by atoms with E-state index in [1.54, 1.807) is 0 Å². The second-order valence-electron chi connectivity index (χ2n) is 7.25. The summed E-state index contributed by atoms with van der Waals surface area (Å²) in [6.07, 6.45) is -4.71. The van der Waals surface area contributed by atoms with Gasteiger partial charge in [-0.2, -0.15) is 13.2 Å². The van der Waals surface area contributed by atoms with E-state index in [4.69, 9.17) is 11.6 Å². The maximum absolute atomic E-state index is 14.8. The zero-order valence-corrected chi connectivity index (χ0v) is 17.4.